The van der Waals surface area contributed by atoms with E-state index in [1.54, 1.807) is 13.3 Å². The highest BCUT2D eigenvalue weighted by Crippen LogP contribution is 2.44. The number of aromatic nitrogens is 1. The lowest BCUT2D eigenvalue weighted by Crippen LogP contribution is -2.52. The predicted molar refractivity (Wildman–Crippen MR) is 134 cm³/mol. The van der Waals surface area contributed by atoms with Crippen molar-refractivity contribution in [3.8, 4) is 5.75 Å². The van der Waals surface area contributed by atoms with Gasteiger partial charge < -0.3 is 23.8 Å². The minimum atomic E-state index is -0.307. The van der Waals surface area contributed by atoms with Crippen molar-refractivity contribution in [2.75, 3.05) is 33.4 Å². The van der Waals surface area contributed by atoms with Crippen molar-refractivity contribution in [2.45, 2.75) is 70.4 Å². The number of piperidine rings is 1. The molecule has 2 saturated heterocycles. The molecule has 2 aliphatic rings. The highest BCUT2D eigenvalue weighted by atomic mass is 16.5. The number of carbonyl (C=O) groups is 1. The molecule has 2 unspecified atom stereocenters. The summed E-state index contributed by atoms with van der Waals surface area (Å²) in [4.78, 5) is 19.5. The number of likely N-dealkylation sites (tertiary alicyclic amines) is 1. The van der Waals surface area contributed by atoms with Crippen LogP contribution in [0.4, 0.5) is 0 Å². The van der Waals surface area contributed by atoms with E-state index < -0.39 is 0 Å². The van der Waals surface area contributed by atoms with Crippen LogP contribution < -0.4 is 4.74 Å². The normalized spacial score (nSPS) is 21.9. The van der Waals surface area contributed by atoms with Crippen molar-refractivity contribution < 1.29 is 23.7 Å². The van der Waals surface area contributed by atoms with Gasteiger partial charge in [-0.25, -0.2) is 0 Å². The second-order valence-electron chi connectivity index (χ2n) is 9.94. The number of hydrogen-bond donors (Lipinski definition) is 0. The van der Waals surface area contributed by atoms with E-state index in [9.17, 15) is 4.79 Å². The summed E-state index contributed by atoms with van der Waals surface area (Å²) < 4.78 is 23.9. The summed E-state index contributed by atoms with van der Waals surface area (Å²) in [6, 6.07) is 9.71. The Labute approximate surface area is 208 Å². The van der Waals surface area contributed by atoms with Gasteiger partial charge in [0.25, 0.3) is 5.91 Å². The molecule has 1 spiro atoms. The molecular formula is C28H38N2O5. The van der Waals surface area contributed by atoms with Crippen LogP contribution in [0.3, 0.4) is 0 Å². The fraction of sp³-hybridized carbons (Fsp3) is 0.571. The molecule has 7 nitrogen and oxygen atoms in total. The summed E-state index contributed by atoms with van der Waals surface area (Å²) in [5.74, 6) is 0.886. The third-order valence-electron chi connectivity index (χ3n) is 6.91. The molecule has 3 heterocycles. The molecule has 7 heteroatoms. The molecule has 0 N–H and O–H groups in total. The van der Waals surface area contributed by atoms with Crippen LogP contribution in [-0.2, 0) is 14.2 Å². The topological polar surface area (TPSA) is 70.1 Å². The van der Waals surface area contributed by atoms with E-state index >= 15 is 0 Å². The van der Waals surface area contributed by atoms with Crippen LogP contribution in [0.5, 0.6) is 5.75 Å². The summed E-state index contributed by atoms with van der Waals surface area (Å²) in [7, 11) is 1.69. The molecule has 1 amide bonds. The Morgan fingerprint density at radius 3 is 2.69 bits per heavy atom. The lowest BCUT2D eigenvalue weighted by molar-refractivity contribution is -0.193. The first kappa shape index (κ1) is 25.6. The van der Waals surface area contributed by atoms with Crippen molar-refractivity contribution in [3.63, 3.8) is 0 Å². The van der Waals surface area contributed by atoms with E-state index in [-0.39, 0.29) is 29.8 Å². The van der Waals surface area contributed by atoms with Gasteiger partial charge in [-0.1, -0.05) is 6.07 Å². The zero-order valence-electron chi connectivity index (χ0n) is 21.4. The van der Waals surface area contributed by atoms with Crippen molar-refractivity contribution in [3.05, 3.63) is 59.4 Å². The van der Waals surface area contributed by atoms with Gasteiger partial charge in [0.15, 0.2) is 0 Å². The van der Waals surface area contributed by atoms with Crippen LogP contribution in [0.15, 0.2) is 42.7 Å². The number of amides is 1. The molecule has 0 radical (unpaired) electrons. The number of rotatable bonds is 8. The molecule has 0 saturated carbocycles. The second kappa shape index (κ2) is 11.5. The zero-order valence-corrected chi connectivity index (χ0v) is 21.4. The van der Waals surface area contributed by atoms with Gasteiger partial charge in [-0.3, -0.25) is 9.78 Å². The van der Waals surface area contributed by atoms with Crippen LogP contribution >= 0.6 is 0 Å². The van der Waals surface area contributed by atoms with E-state index in [0.717, 1.165) is 42.6 Å². The van der Waals surface area contributed by atoms with Crippen molar-refractivity contribution >= 4 is 5.91 Å². The standard InChI is InChI=1S/C28H38N2O5/c1-20(2)34-25-8-7-22(16-21(25)3)27(31)30-12-9-28(10-13-30)18-24(33-15-14-32-4)17-26(35-28)23-6-5-11-29-19-23/h5-8,11,16,19-20,24,26H,9-10,12-15,17-18H2,1-4H3. The van der Waals surface area contributed by atoms with Gasteiger partial charge in [-0.15, -0.1) is 0 Å². The molecule has 35 heavy (non-hydrogen) atoms. The van der Waals surface area contributed by atoms with Gasteiger partial charge in [-0.05, 0) is 69.0 Å². The molecule has 0 aliphatic carbocycles. The van der Waals surface area contributed by atoms with E-state index in [2.05, 4.69) is 11.1 Å². The zero-order chi connectivity index (χ0) is 24.8. The minimum Gasteiger partial charge on any atom is -0.491 e. The Hall–Kier alpha value is -2.48. The van der Waals surface area contributed by atoms with Gasteiger partial charge >= 0.3 is 0 Å². The van der Waals surface area contributed by atoms with Crippen LogP contribution in [-0.4, -0.2) is 67.0 Å². The fourth-order valence-corrected chi connectivity index (χ4v) is 5.12. The Bertz CT molecular complexity index is 973. The van der Waals surface area contributed by atoms with Gasteiger partial charge in [0, 0.05) is 51.0 Å². The number of hydrogen-bond acceptors (Lipinski definition) is 6. The van der Waals surface area contributed by atoms with Crippen LogP contribution in [0.1, 0.15) is 67.1 Å². The summed E-state index contributed by atoms with van der Waals surface area (Å²) in [6.07, 6.45) is 6.97. The van der Waals surface area contributed by atoms with Crippen LogP contribution in [0.25, 0.3) is 0 Å². The van der Waals surface area contributed by atoms with Crippen molar-refractivity contribution in [1.29, 1.82) is 0 Å². The number of nitrogens with zero attached hydrogens (tertiary/aromatic N) is 2. The Balaban J connectivity index is 1.43. The molecule has 2 aromatic rings. The summed E-state index contributed by atoms with van der Waals surface area (Å²) in [5.41, 5.74) is 2.44. The lowest BCUT2D eigenvalue weighted by Gasteiger charge is -2.48. The van der Waals surface area contributed by atoms with Gasteiger partial charge in [0.2, 0.25) is 0 Å². The van der Waals surface area contributed by atoms with Crippen LogP contribution in [0.2, 0.25) is 0 Å². The van der Waals surface area contributed by atoms with E-state index in [1.165, 1.54) is 0 Å². The summed E-state index contributed by atoms with van der Waals surface area (Å²) in [5, 5.41) is 0. The van der Waals surface area contributed by atoms with E-state index in [1.807, 2.05) is 56.1 Å². The average Bonchev–Trinajstić information content (AvgIpc) is 2.85. The second-order valence-corrected chi connectivity index (χ2v) is 9.94. The van der Waals surface area contributed by atoms with Gasteiger partial charge in [-0.2, -0.15) is 0 Å². The molecule has 1 aromatic heterocycles. The van der Waals surface area contributed by atoms with E-state index in [4.69, 9.17) is 18.9 Å². The monoisotopic (exact) mass is 482 g/mol. The fourth-order valence-electron chi connectivity index (χ4n) is 5.12. The average molecular weight is 483 g/mol. The highest BCUT2D eigenvalue weighted by Gasteiger charge is 2.45. The lowest BCUT2D eigenvalue weighted by atomic mass is 9.80. The highest BCUT2D eigenvalue weighted by molar-refractivity contribution is 5.94. The molecule has 2 aliphatic heterocycles. The molecule has 0 bridgehead atoms. The quantitative estimate of drug-likeness (QED) is 0.507. The maximum atomic E-state index is 13.3. The maximum Gasteiger partial charge on any atom is 0.253 e. The van der Waals surface area contributed by atoms with Crippen molar-refractivity contribution in [1.82, 2.24) is 9.88 Å². The van der Waals surface area contributed by atoms with E-state index in [0.29, 0.717) is 31.9 Å². The molecule has 4 rings (SSSR count). The third-order valence-corrected chi connectivity index (χ3v) is 6.91. The summed E-state index contributed by atoms with van der Waals surface area (Å²) in [6.45, 7) is 8.45. The number of carbonyl (C=O) groups excluding carboxylic acids is 1. The SMILES string of the molecule is COCCOC1CC(c2cccnc2)OC2(CCN(C(=O)c3ccc(OC(C)C)c(C)c3)CC2)C1. The number of benzene rings is 1. The first-order chi connectivity index (χ1) is 16.9. The largest absolute Gasteiger partial charge is 0.491 e. The van der Waals surface area contributed by atoms with Gasteiger partial charge in [0.1, 0.15) is 5.75 Å². The Kier molecular flexibility index (Phi) is 8.42. The molecule has 190 valence electrons. The first-order valence-electron chi connectivity index (χ1n) is 12.6. The molecule has 2 fully saturated rings. The minimum absolute atomic E-state index is 0.0616. The smallest absolute Gasteiger partial charge is 0.253 e. The van der Waals surface area contributed by atoms with Crippen molar-refractivity contribution in [2.24, 2.45) is 0 Å². The summed E-state index contributed by atoms with van der Waals surface area (Å²) >= 11 is 0. The Morgan fingerprint density at radius 1 is 1.23 bits per heavy atom. The van der Waals surface area contributed by atoms with Crippen LogP contribution in [0, 0.1) is 6.92 Å². The predicted octanol–water partition coefficient (Wildman–Crippen LogP) is 4.74. The number of aryl methyl sites for hydroxylation is 1. The molecule has 2 atom stereocenters. The Morgan fingerprint density at radius 2 is 2.03 bits per heavy atom. The number of pyridine rings is 1. The molecular weight excluding hydrogens is 444 g/mol. The molecule has 1 aromatic carbocycles. The number of methoxy groups -OCH3 is 1. The van der Waals surface area contributed by atoms with Gasteiger partial charge in [0.05, 0.1) is 37.1 Å². The third kappa shape index (κ3) is 6.40. The first-order valence-corrected chi connectivity index (χ1v) is 12.6. The maximum absolute atomic E-state index is 13.3. The number of ether oxygens (including phenoxy) is 4.